The highest BCUT2D eigenvalue weighted by molar-refractivity contribution is 8.00. The summed E-state index contributed by atoms with van der Waals surface area (Å²) in [5.41, 5.74) is 0.408. The van der Waals surface area contributed by atoms with E-state index >= 15 is 0 Å². The maximum absolute atomic E-state index is 13.0. The van der Waals surface area contributed by atoms with Gasteiger partial charge in [-0.3, -0.25) is 4.79 Å². The monoisotopic (exact) mass is 424 g/mol. The van der Waals surface area contributed by atoms with Gasteiger partial charge in [-0.15, -0.1) is 11.8 Å². The zero-order chi connectivity index (χ0) is 20.1. The Bertz CT molecular complexity index is 929. The number of benzene rings is 2. The molecule has 0 aliphatic carbocycles. The Kier molecular flexibility index (Phi) is 6.71. The van der Waals surface area contributed by atoms with Crippen molar-refractivity contribution in [2.75, 3.05) is 31.6 Å². The van der Waals surface area contributed by atoms with Crippen molar-refractivity contribution in [2.45, 2.75) is 22.0 Å². The average Bonchev–Trinajstić information content (AvgIpc) is 2.70. The van der Waals surface area contributed by atoms with Gasteiger partial charge in [-0.2, -0.15) is 4.31 Å². The number of nitrogens with one attached hydrogen (secondary N) is 1. The van der Waals surface area contributed by atoms with Crippen molar-refractivity contribution < 1.29 is 22.3 Å². The van der Waals surface area contributed by atoms with Crippen LogP contribution in [0, 0.1) is 5.82 Å². The fourth-order valence-electron chi connectivity index (χ4n) is 2.69. The van der Waals surface area contributed by atoms with E-state index < -0.39 is 15.3 Å². The summed E-state index contributed by atoms with van der Waals surface area (Å²) in [6.07, 6.45) is 0. The SMILES string of the molecule is CC(Sc1ccc(F)cc1)C(=O)Nc1cccc(S(=O)(=O)N2CCOCC2)c1. The number of thioether (sulfide) groups is 1. The first-order valence-electron chi connectivity index (χ1n) is 8.77. The fourth-order valence-corrected chi connectivity index (χ4v) is 5.01. The highest BCUT2D eigenvalue weighted by atomic mass is 32.2. The van der Waals surface area contributed by atoms with E-state index in [0.717, 1.165) is 4.90 Å². The minimum atomic E-state index is -3.63. The summed E-state index contributed by atoms with van der Waals surface area (Å²) >= 11 is 1.29. The first kappa shape index (κ1) is 20.8. The molecule has 0 radical (unpaired) electrons. The molecular formula is C19H21FN2O4S2. The molecule has 1 atom stereocenters. The van der Waals surface area contributed by atoms with Crippen LogP contribution in [0.1, 0.15) is 6.92 Å². The number of ether oxygens (including phenoxy) is 1. The lowest BCUT2D eigenvalue weighted by Gasteiger charge is -2.26. The second-order valence-electron chi connectivity index (χ2n) is 6.25. The lowest BCUT2D eigenvalue weighted by molar-refractivity contribution is -0.115. The van der Waals surface area contributed by atoms with Crippen LogP contribution >= 0.6 is 11.8 Å². The number of rotatable bonds is 6. The highest BCUT2D eigenvalue weighted by Crippen LogP contribution is 2.25. The van der Waals surface area contributed by atoms with Gasteiger partial charge in [0, 0.05) is 23.7 Å². The number of halogens is 1. The number of morpholine rings is 1. The maximum Gasteiger partial charge on any atom is 0.243 e. The van der Waals surface area contributed by atoms with Gasteiger partial charge in [0.05, 0.1) is 23.4 Å². The molecule has 6 nitrogen and oxygen atoms in total. The molecule has 1 unspecified atom stereocenters. The normalized spacial score (nSPS) is 16.5. The van der Waals surface area contributed by atoms with Gasteiger partial charge in [0.25, 0.3) is 0 Å². The summed E-state index contributed by atoms with van der Waals surface area (Å²) < 4.78 is 45.1. The van der Waals surface area contributed by atoms with Crippen LogP contribution in [-0.2, 0) is 19.6 Å². The van der Waals surface area contributed by atoms with Crippen LogP contribution in [0.15, 0.2) is 58.3 Å². The van der Waals surface area contributed by atoms with E-state index in [-0.39, 0.29) is 16.6 Å². The number of anilines is 1. The van der Waals surface area contributed by atoms with E-state index in [0.29, 0.717) is 32.0 Å². The molecule has 28 heavy (non-hydrogen) atoms. The number of carbonyl (C=O) groups is 1. The van der Waals surface area contributed by atoms with E-state index in [1.54, 1.807) is 31.2 Å². The minimum Gasteiger partial charge on any atom is -0.379 e. The molecular weight excluding hydrogens is 403 g/mol. The van der Waals surface area contributed by atoms with Crippen molar-refractivity contribution in [3.05, 3.63) is 54.3 Å². The third-order valence-electron chi connectivity index (χ3n) is 4.21. The Hall–Kier alpha value is -1.94. The summed E-state index contributed by atoms with van der Waals surface area (Å²) in [7, 11) is -3.63. The first-order valence-corrected chi connectivity index (χ1v) is 11.1. The molecule has 2 aromatic rings. The summed E-state index contributed by atoms with van der Waals surface area (Å²) in [4.78, 5) is 13.4. The number of hydrogen-bond acceptors (Lipinski definition) is 5. The molecule has 1 aliphatic heterocycles. The van der Waals surface area contributed by atoms with Gasteiger partial charge in [-0.05, 0) is 49.4 Å². The maximum atomic E-state index is 13.0. The van der Waals surface area contributed by atoms with Crippen molar-refractivity contribution in [3.63, 3.8) is 0 Å². The molecule has 0 spiro atoms. The van der Waals surface area contributed by atoms with E-state index in [1.165, 1.54) is 40.3 Å². The largest absolute Gasteiger partial charge is 0.379 e. The molecule has 1 N–H and O–H groups in total. The van der Waals surface area contributed by atoms with Crippen LogP contribution in [0.3, 0.4) is 0 Å². The molecule has 1 heterocycles. The van der Waals surface area contributed by atoms with Crippen LogP contribution in [-0.4, -0.2) is 50.2 Å². The van der Waals surface area contributed by atoms with Gasteiger partial charge in [-0.1, -0.05) is 6.07 Å². The first-order chi connectivity index (χ1) is 13.4. The van der Waals surface area contributed by atoms with Crippen molar-refractivity contribution in [1.29, 1.82) is 0 Å². The smallest absolute Gasteiger partial charge is 0.243 e. The number of nitrogens with zero attached hydrogens (tertiary/aromatic N) is 1. The van der Waals surface area contributed by atoms with Crippen molar-refractivity contribution >= 4 is 33.4 Å². The average molecular weight is 425 g/mol. The molecule has 1 aliphatic rings. The van der Waals surface area contributed by atoms with Crippen LogP contribution in [0.4, 0.5) is 10.1 Å². The summed E-state index contributed by atoms with van der Waals surface area (Å²) in [5, 5.41) is 2.31. The van der Waals surface area contributed by atoms with E-state index in [4.69, 9.17) is 4.74 Å². The van der Waals surface area contributed by atoms with E-state index in [2.05, 4.69) is 5.32 Å². The van der Waals surface area contributed by atoms with Crippen LogP contribution in [0.25, 0.3) is 0 Å². The molecule has 150 valence electrons. The third-order valence-corrected chi connectivity index (χ3v) is 7.21. The lowest BCUT2D eigenvalue weighted by Crippen LogP contribution is -2.40. The Morgan fingerprint density at radius 2 is 1.86 bits per heavy atom. The molecule has 2 aromatic carbocycles. The zero-order valence-electron chi connectivity index (χ0n) is 15.3. The second-order valence-corrected chi connectivity index (χ2v) is 9.60. The second kappa shape index (κ2) is 9.04. The molecule has 1 saturated heterocycles. The van der Waals surface area contributed by atoms with Gasteiger partial charge < -0.3 is 10.1 Å². The number of carbonyl (C=O) groups excluding carboxylic acids is 1. The van der Waals surface area contributed by atoms with Gasteiger partial charge in [-0.25, -0.2) is 12.8 Å². The molecule has 3 rings (SSSR count). The Morgan fingerprint density at radius 1 is 1.18 bits per heavy atom. The van der Waals surface area contributed by atoms with E-state index in [1.807, 2.05) is 0 Å². The molecule has 1 amide bonds. The third kappa shape index (κ3) is 5.11. The van der Waals surface area contributed by atoms with Crippen molar-refractivity contribution in [1.82, 2.24) is 4.31 Å². The quantitative estimate of drug-likeness (QED) is 0.722. The molecule has 0 saturated carbocycles. The van der Waals surface area contributed by atoms with Crippen molar-refractivity contribution in [2.24, 2.45) is 0 Å². The van der Waals surface area contributed by atoms with E-state index in [9.17, 15) is 17.6 Å². The Morgan fingerprint density at radius 3 is 2.54 bits per heavy atom. The number of hydrogen-bond donors (Lipinski definition) is 1. The summed E-state index contributed by atoms with van der Waals surface area (Å²) in [6.45, 7) is 3.09. The molecule has 1 fully saturated rings. The minimum absolute atomic E-state index is 0.131. The zero-order valence-corrected chi connectivity index (χ0v) is 16.9. The van der Waals surface area contributed by atoms with Gasteiger partial charge >= 0.3 is 0 Å². The van der Waals surface area contributed by atoms with Crippen LogP contribution in [0.2, 0.25) is 0 Å². The van der Waals surface area contributed by atoms with Gasteiger partial charge in [0.2, 0.25) is 15.9 Å². The summed E-state index contributed by atoms with van der Waals surface area (Å²) in [6, 6.07) is 12.1. The lowest BCUT2D eigenvalue weighted by atomic mass is 10.3. The standard InChI is InChI=1S/C19H21FN2O4S2/c1-14(27-17-7-5-15(20)6-8-17)19(23)21-16-3-2-4-18(13-16)28(24,25)22-9-11-26-12-10-22/h2-8,13-14H,9-12H2,1H3,(H,21,23). The Labute approximate surface area is 168 Å². The fraction of sp³-hybridized carbons (Fsp3) is 0.316. The van der Waals surface area contributed by atoms with Gasteiger partial charge in [0.15, 0.2) is 0 Å². The van der Waals surface area contributed by atoms with Crippen molar-refractivity contribution in [3.8, 4) is 0 Å². The predicted octanol–water partition coefficient (Wildman–Crippen LogP) is 2.97. The summed E-state index contributed by atoms with van der Waals surface area (Å²) in [5.74, 6) is -0.602. The topological polar surface area (TPSA) is 75.7 Å². The molecule has 0 aromatic heterocycles. The van der Waals surface area contributed by atoms with Gasteiger partial charge in [0.1, 0.15) is 5.82 Å². The Balaban J connectivity index is 1.68. The van der Waals surface area contributed by atoms with Crippen LogP contribution in [0.5, 0.6) is 0 Å². The number of sulfonamides is 1. The highest BCUT2D eigenvalue weighted by Gasteiger charge is 2.26. The molecule has 9 heteroatoms. The van der Waals surface area contributed by atoms with Crippen LogP contribution < -0.4 is 5.32 Å². The predicted molar refractivity (Wildman–Crippen MR) is 106 cm³/mol. The molecule has 0 bridgehead atoms. The number of amides is 1.